The molecule has 1 aromatic rings. The monoisotopic (exact) mass is 311 g/mol. The highest BCUT2D eigenvalue weighted by atomic mass is 16.5. The molecule has 120 valence electrons. The van der Waals surface area contributed by atoms with Crippen molar-refractivity contribution in [3.05, 3.63) is 58.7 Å². The molecule has 1 aliphatic heterocycles. The van der Waals surface area contributed by atoms with Crippen molar-refractivity contribution in [2.45, 2.75) is 39.5 Å². The van der Waals surface area contributed by atoms with Crippen LogP contribution in [0, 0.1) is 5.41 Å². The van der Waals surface area contributed by atoms with Crippen molar-refractivity contribution >= 4 is 11.6 Å². The lowest BCUT2D eigenvalue weighted by Gasteiger charge is -2.38. The lowest BCUT2D eigenvalue weighted by atomic mass is 9.69. The predicted molar refractivity (Wildman–Crippen MR) is 87.2 cm³/mol. The Bertz CT molecular complexity index is 741. The predicted octanol–water partition coefficient (Wildman–Crippen LogP) is 3.20. The Balaban J connectivity index is 2.20. The number of ketones is 2. The van der Waals surface area contributed by atoms with Crippen molar-refractivity contribution in [1.29, 1.82) is 0 Å². The minimum Gasteiger partial charge on any atom is -0.445 e. The minimum absolute atomic E-state index is 0.0383. The minimum atomic E-state index is -0.430. The van der Waals surface area contributed by atoms with Gasteiger partial charge in [0.25, 0.3) is 0 Å². The number of ether oxygens (including phenoxy) is 1. The van der Waals surface area contributed by atoms with Crippen LogP contribution >= 0.6 is 0 Å². The van der Waals surface area contributed by atoms with Crippen molar-refractivity contribution < 1.29 is 14.3 Å². The van der Waals surface area contributed by atoms with E-state index in [9.17, 15) is 9.59 Å². The second kappa shape index (κ2) is 5.37. The first-order chi connectivity index (χ1) is 10.8. The largest absolute Gasteiger partial charge is 0.445 e. The summed E-state index contributed by atoms with van der Waals surface area (Å²) >= 11 is 0. The van der Waals surface area contributed by atoms with Crippen LogP contribution in [0.5, 0.6) is 0 Å². The molecule has 0 bridgehead atoms. The topological polar surface area (TPSA) is 69.4 Å². The second-order valence-corrected chi connectivity index (χ2v) is 7.06. The summed E-state index contributed by atoms with van der Waals surface area (Å²) < 4.78 is 5.72. The molecule has 0 amide bonds. The van der Waals surface area contributed by atoms with Crippen LogP contribution in [0.4, 0.5) is 0 Å². The summed E-state index contributed by atoms with van der Waals surface area (Å²) in [5, 5.41) is 0. The van der Waals surface area contributed by atoms with Crippen molar-refractivity contribution in [3.63, 3.8) is 0 Å². The molecule has 1 aliphatic carbocycles. The quantitative estimate of drug-likeness (QED) is 0.910. The molecule has 23 heavy (non-hydrogen) atoms. The van der Waals surface area contributed by atoms with Gasteiger partial charge in [0.05, 0.1) is 5.57 Å². The Hall–Kier alpha value is -2.36. The summed E-state index contributed by atoms with van der Waals surface area (Å²) in [7, 11) is 0. The van der Waals surface area contributed by atoms with Gasteiger partial charge in [0.2, 0.25) is 0 Å². The molecule has 4 nitrogen and oxygen atoms in total. The first-order valence-corrected chi connectivity index (χ1v) is 7.80. The van der Waals surface area contributed by atoms with Gasteiger partial charge >= 0.3 is 0 Å². The molecule has 0 aromatic heterocycles. The van der Waals surface area contributed by atoms with Gasteiger partial charge < -0.3 is 10.5 Å². The SMILES string of the molecule is CC(=O)C1=C(N)OC2=C(C(=O)CC(C)(C)C2)C1c1ccccc1. The highest BCUT2D eigenvalue weighted by molar-refractivity contribution is 6.04. The van der Waals surface area contributed by atoms with E-state index >= 15 is 0 Å². The molecule has 0 spiro atoms. The summed E-state index contributed by atoms with van der Waals surface area (Å²) in [4.78, 5) is 24.9. The van der Waals surface area contributed by atoms with Crippen LogP contribution in [0.15, 0.2) is 53.1 Å². The maximum atomic E-state index is 12.8. The molecule has 0 fully saturated rings. The number of nitrogens with two attached hydrogens (primary N) is 1. The number of rotatable bonds is 2. The standard InChI is InChI=1S/C19H21NO3/c1-11(21)15-16(12-7-5-4-6-8-12)17-13(22)9-19(2,3)10-14(17)23-18(15)20/h4-8,16H,9-10,20H2,1-3H3. The number of hydrogen-bond acceptors (Lipinski definition) is 4. The van der Waals surface area contributed by atoms with Gasteiger partial charge in [0.15, 0.2) is 17.4 Å². The molecular weight excluding hydrogens is 290 g/mol. The zero-order valence-electron chi connectivity index (χ0n) is 13.7. The third-order valence-corrected chi connectivity index (χ3v) is 4.47. The van der Waals surface area contributed by atoms with E-state index in [2.05, 4.69) is 0 Å². The second-order valence-electron chi connectivity index (χ2n) is 7.06. The molecule has 0 radical (unpaired) electrons. The van der Waals surface area contributed by atoms with E-state index in [1.54, 1.807) is 0 Å². The molecule has 0 saturated heterocycles. The molecule has 1 unspecified atom stereocenters. The van der Waals surface area contributed by atoms with Crippen molar-refractivity contribution in [3.8, 4) is 0 Å². The van der Waals surface area contributed by atoms with Crippen LogP contribution in [0.25, 0.3) is 0 Å². The van der Waals surface area contributed by atoms with Crippen molar-refractivity contribution in [1.82, 2.24) is 0 Å². The molecule has 2 aliphatic rings. The van der Waals surface area contributed by atoms with E-state index in [4.69, 9.17) is 10.5 Å². The van der Waals surface area contributed by atoms with E-state index in [0.29, 0.717) is 29.7 Å². The number of carbonyl (C=O) groups excluding carboxylic acids is 2. The highest BCUT2D eigenvalue weighted by Crippen LogP contribution is 2.48. The fourth-order valence-electron chi connectivity index (χ4n) is 3.52. The molecule has 4 heteroatoms. The van der Waals surface area contributed by atoms with Gasteiger partial charge in [0.1, 0.15) is 5.76 Å². The number of allylic oxidation sites excluding steroid dienone is 3. The normalized spacial score (nSPS) is 23.4. The summed E-state index contributed by atoms with van der Waals surface area (Å²) in [5.74, 6) is 0.177. The summed E-state index contributed by atoms with van der Waals surface area (Å²) in [6, 6.07) is 9.55. The fourth-order valence-corrected chi connectivity index (χ4v) is 3.52. The number of hydrogen-bond donors (Lipinski definition) is 1. The summed E-state index contributed by atoms with van der Waals surface area (Å²) in [6.45, 7) is 5.54. The van der Waals surface area contributed by atoms with E-state index in [1.807, 2.05) is 44.2 Å². The molecule has 1 heterocycles. The van der Waals surface area contributed by atoms with E-state index in [-0.39, 0.29) is 22.9 Å². The van der Waals surface area contributed by atoms with Crippen molar-refractivity contribution in [2.75, 3.05) is 0 Å². The maximum Gasteiger partial charge on any atom is 0.198 e. The number of benzene rings is 1. The van der Waals surface area contributed by atoms with Crippen LogP contribution in [-0.2, 0) is 14.3 Å². The van der Waals surface area contributed by atoms with Gasteiger partial charge in [-0.25, -0.2) is 0 Å². The molecule has 1 atom stereocenters. The first kappa shape index (κ1) is 15.5. The zero-order valence-corrected chi connectivity index (χ0v) is 13.7. The van der Waals surface area contributed by atoms with Gasteiger partial charge in [-0.15, -0.1) is 0 Å². The van der Waals surface area contributed by atoms with Crippen LogP contribution in [0.2, 0.25) is 0 Å². The van der Waals surface area contributed by atoms with E-state index in [1.165, 1.54) is 6.92 Å². The fraction of sp³-hybridized carbons (Fsp3) is 0.368. The summed E-state index contributed by atoms with van der Waals surface area (Å²) in [5.41, 5.74) is 7.74. The zero-order chi connectivity index (χ0) is 16.8. The van der Waals surface area contributed by atoms with Crippen LogP contribution in [-0.4, -0.2) is 11.6 Å². The van der Waals surface area contributed by atoms with E-state index < -0.39 is 5.92 Å². The van der Waals surface area contributed by atoms with Crippen molar-refractivity contribution in [2.24, 2.45) is 11.1 Å². The summed E-state index contributed by atoms with van der Waals surface area (Å²) in [6.07, 6.45) is 1.09. The number of carbonyl (C=O) groups is 2. The molecule has 1 aromatic carbocycles. The molecule has 0 saturated carbocycles. The Labute approximate surface area is 136 Å². The molecule has 2 N–H and O–H groups in total. The average molecular weight is 311 g/mol. The lowest BCUT2D eigenvalue weighted by molar-refractivity contribution is -0.119. The van der Waals surface area contributed by atoms with Gasteiger partial charge in [-0.3, -0.25) is 9.59 Å². The van der Waals surface area contributed by atoms with E-state index in [0.717, 1.165) is 5.56 Å². The first-order valence-electron chi connectivity index (χ1n) is 7.80. The Kier molecular flexibility index (Phi) is 3.63. The highest BCUT2D eigenvalue weighted by Gasteiger charge is 2.43. The van der Waals surface area contributed by atoms with Gasteiger partial charge in [0, 0.05) is 24.3 Å². The average Bonchev–Trinajstić information content (AvgIpc) is 2.44. The van der Waals surface area contributed by atoms with Crippen LogP contribution in [0.1, 0.15) is 45.1 Å². The number of Topliss-reactive ketones (excluding diaryl/α,β-unsaturated/α-hetero) is 2. The van der Waals surface area contributed by atoms with Gasteiger partial charge in [-0.2, -0.15) is 0 Å². The Morgan fingerprint density at radius 2 is 1.87 bits per heavy atom. The smallest absolute Gasteiger partial charge is 0.198 e. The van der Waals surface area contributed by atoms with Gasteiger partial charge in [-0.1, -0.05) is 44.2 Å². The molecular formula is C19H21NO3. The molecule has 3 rings (SSSR count). The third-order valence-electron chi connectivity index (χ3n) is 4.47. The van der Waals surface area contributed by atoms with Crippen LogP contribution in [0.3, 0.4) is 0 Å². The van der Waals surface area contributed by atoms with Crippen LogP contribution < -0.4 is 5.73 Å². The third kappa shape index (κ3) is 2.69. The van der Waals surface area contributed by atoms with Gasteiger partial charge in [-0.05, 0) is 17.9 Å². The Morgan fingerprint density at radius 1 is 1.22 bits per heavy atom. The maximum absolute atomic E-state index is 12.8. The lowest BCUT2D eigenvalue weighted by Crippen LogP contribution is -2.35. The Morgan fingerprint density at radius 3 is 2.48 bits per heavy atom.